The number of hydrogen-bond acceptors (Lipinski definition) is 1. The lowest BCUT2D eigenvalue weighted by atomic mass is 9.78. The minimum absolute atomic E-state index is 0.0299. The summed E-state index contributed by atoms with van der Waals surface area (Å²) in [6.07, 6.45) is 3.32. The van der Waals surface area contributed by atoms with Gasteiger partial charge in [-0.3, -0.25) is 0 Å². The van der Waals surface area contributed by atoms with E-state index in [-0.39, 0.29) is 17.5 Å². The Balaban J connectivity index is 1.19. The largest absolute Gasteiger partial charge is 0.432 e. The molecular weight excluding hydrogens is 476 g/mol. The predicted molar refractivity (Wildman–Crippen MR) is 139 cm³/mol. The first-order valence-electron chi connectivity index (χ1n) is 13.5. The molecule has 0 heterocycles. The molecule has 0 N–H and O–H groups in total. The predicted octanol–water partition coefficient (Wildman–Crippen LogP) is 9.87. The van der Waals surface area contributed by atoms with E-state index in [0.29, 0.717) is 37.2 Å². The van der Waals surface area contributed by atoms with E-state index in [2.05, 4.69) is 13.0 Å². The highest BCUT2D eigenvalue weighted by atomic mass is 19.3. The van der Waals surface area contributed by atoms with Crippen LogP contribution < -0.4 is 4.74 Å². The maximum absolute atomic E-state index is 15.1. The average Bonchev–Trinajstić information content (AvgIpc) is 2.90. The van der Waals surface area contributed by atoms with Crippen molar-refractivity contribution >= 4 is 0 Å². The highest BCUT2D eigenvalue weighted by Crippen LogP contribution is 2.43. The first-order chi connectivity index (χ1) is 17.8. The monoisotopic (exact) mass is 510 g/mol. The standard InChI is InChI=1S/C32H34F4O/c1-21-2-4-24(5-3-21)26-12-19-30(31(34)20-26)25-8-6-22(7-9-25)23-10-13-27(14-11-23)32(35,36)37-29-17-15-28(33)16-18-29/h6-9,12,15-21,23-24,27H,2-5,10-11,13-14H2,1H3. The summed E-state index contributed by atoms with van der Waals surface area (Å²) in [4.78, 5) is 0. The summed E-state index contributed by atoms with van der Waals surface area (Å²) in [6, 6.07) is 18.2. The zero-order valence-electron chi connectivity index (χ0n) is 21.2. The molecule has 0 atom stereocenters. The Bertz CT molecular complexity index is 1170. The van der Waals surface area contributed by atoms with E-state index >= 15 is 4.39 Å². The smallest absolute Gasteiger partial charge is 0.400 e. The quantitative estimate of drug-likeness (QED) is 0.300. The maximum Gasteiger partial charge on any atom is 0.400 e. The fourth-order valence-electron chi connectivity index (χ4n) is 6.05. The summed E-state index contributed by atoms with van der Waals surface area (Å²) >= 11 is 0. The molecule has 5 heteroatoms. The number of alkyl halides is 2. The Morgan fingerprint density at radius 3 is 1.86 bits per heavy atom. The average molecular weight is 511 g/mol. The van der Waals surface area contributed by atoms with Crippen LogP contribution in [0.4, 0.5) is 17.6 Å². The lowest BCUT2D eigenvalue weighted by Crippen LogP contribution is -2.37. The molecule has 3 aromatic rings. The van der Waals surface area contributed by atoms with Gasteiger partial charge in [0.1, 0.15) is 17.4 Å². The van der Waals surface area contributed by atoms with Crippen LogP contribution in [-0.4, -0.2) is 6.11 Å². The van der Waals surface area contributed by atoms with E-state index in [0.717, 1.165) is 47.6 Å². The number of halogens is 4. The normalized spacial score (nSPS) is 24.6. The molecule has 0 unspecified atom stereocenters. The highest BCUT2D eigenvalue weighted by molar-refractivity contribution is 5.65. The molecule has 5 rings (SSSR count). The second-order valence-electron chi connectivity index (χ2n) is 11.0. The second kappa shape index (κ2) is 10.9. The van der Waals surface area contributed by atoms with Crippen LogP contribution in [0.3, 0.4) is 0 Å². The van der Waals surface area contributed by atoms with Gasteiger partial charge in [-0.25, -0.2) is 8.78 Å². The van der Waals surface area contributed by atoms with Crippen molar-refractivity contribution < 1.29 is 22.3 Å². The summed E-state index contributed by atoms with van der Waals surface area (Å²) < 4.78 is 62.5. The topological polar surface area (TPSA) is 9.23 Å². The Labute approximate surface area is 216 Å². The molecule has 2 fully saturated rings. The molecule has 37 heavy (non-hydrogen) atoms. The van der Waals surface area contributed by atoms with Gasteiger partial charge in [0.2, 0.25) is 0 Å². The van der Waals surface area contributed by atoms with Crippen molar-refractivity contribution in [3.8, 4) is 16.9 Å². The Morgan fingerprint density at radius 2 is 1.24 bits per heavy atom. The van der Waals surface area contributed by atoms with Crippen LogP contribution >= 0.6 is 0 Å². The fraction of sp³-hybridized carbons (Fsp3) is 0.438. The summed E-state index contributed by atoms with van der Waals surface area (Å²) in [6.45, 7) is 2.29. The van der Waals surface area contributed by atoms with Gasteiger partial charge in [-0.15, -0.1) is 0 Å². The van der Waals surface area contributed by atoms with Gasteiger partial charge in [-0.2, -0.15) is 8.78 Å². The zero-order chi connectivity index (χ0) is 26.0. The minimum atomic E-state index is -3.30. The van der Waals surface area contributed by atoms with Crippen LogP contribution in [0.25, 0.3) is 11.1 Å². The van der Waals surface area contributed by atoms with Gasteiger partial charge in [0.05, 0.1) is 5.92 Å². The Hall–Kier alpha value is -2.82. The van der Waals surface area contributed by atoms with Crippen LogP contribution in [0.1, 0.15) is 81.3 Å². The minimum Gasteiger partial charge on any atom is -0.432 e. The van der Waals surface area contributed by atoms with Crippen LogP contribution in [0.15, 0.2) is 66.7 Å². The van der Waals surface area contributed by atoms with E-state index in [9.17, 15) is 13.2 Å². The van der Waals surface area contributed by atoms with E-state index in [1.54, 1.807) is 6.07 Å². The van der Waals surface area contributed by atoms with Crippen molar-refractivity contribution in [3.05, 3.63) is 89.5 Å². The van der Waals surface area contributed by atoms with Crippen LogP contribution in [-0.2, 0) is 0 Å². The van der Waals surface area contributed by atoms with E-state index in [1.165, 1.54) is 25.0 Å². The maximum atomic E-state index is 15.1. The van der Waals surface area contributed by atoms with E-state index in [4.69, 9.17) is 4.74 Å². The number of hydrogen-bond donors (Lipinski definition) is 0. The van der Waals surface area contributed by atoms with Gasteiger partial charge in [0, 0.05) is 5.56 Å². The highest BCUT2D eigenvalue weighted by Gasteiger charge is 2.44. The number of rotatable bonds is 6. The molecule has 0 radical (unpaired) electrons. The third kappa shape index (κ3) is 6.02. The van der Waals surface area contributed by atoms with E-state index in [1.807, 2.05) is 30.3 Å². The van der Waals surface area contributed by atoms with Crippen LogP contribution in [0, 0.1) is 23.5 Å². The molecule has 196 valence electrons. The molecule has 0 spiro atoms. The Kier molecular flexibility index (Phi) is 7.60. The molecule has 0 saturated heterocycles. The third-order valence-corrected chi connectivity index (χ3v) is 8.44. The van der Waals surface area contributed by atoms with Crippen molar-refractivity contribution in [3.63, 3.8) is 0 Å². The molecule has 0 bridgehead atoms. The summed E-state index contributed by atoms with van der Waals surface area (Å²) in [5.41, 5.74) is 3.62. The Morgan fingerprint density at radius 1 is 0.676 bits per heavy atom. The molecule has 2 aliphatic carbocycles. The fourth-order valence-corrected chi connectivity index (χ4v) is 6.05. The SMILES string of the molecule is CC1CCC(c2ccc(-c3ccc(C4CCC(C(F)(F)Oc5ccc(F)cc5)CC4)cc3)c(F)c2)CC1. The summed E-state index contributed by atoms with van der Waals surface area (Å²) in [5.74, 6) is -0.187. The first-order valence-corrected chi connectivity index (χ1v) is 13.5. The summed E-state index contributed by atoms with van der Waals surface area (Å²) in [5, 5.41) is 0. The molecule has 1 nitrogen and oxygen atoms in total. The van der Waals surface area contributed by atoms with Gasteiger partial charge >= 0.3 is 6.11 Å². The van der Waals surface area contributed by atoms with Gasteiger partial charge in [0.15, 0.2) is 0 Å². The first kappa shape index (κ1) is 25.8. The molecule has 0 aliphatic heterocycles. The lowest BCUT2D eigenvalue weighted by Gasteiger charge is -2.33. The molecular formula is C32H34F4O. The summed E-state index contributed by atoms with van der Waals surface area (Å²) in [7, 11) is 0. The van der Waals surface area contributed by atoms with Crippen LogP contribution in [0.2, 0.25) is 0 Å². The van der Waals surface area contributed by atoms with E-state index < -0.39 is 17.8 Å². The van der Waals surface area contributed by atoms with Gasteiger partial charge in [-0.1, -0.05) is 56.2 Å². The molecule has 0 aromatic heterocycles. The van der Waals surface area contributed by atoms with Crippen molar-refractivity contribution in [2.75, 3.05) is 0 Å². The van der Waals surface area contributed by atoms with Crippen molar-refractivity contribution in [1.82, 2.24) is 0 Å². The molecule has 2 aliphatic rings. The lowest BCUT2D eigenvalue weighted by molar-refractivity contribution is -0.222. The molecule has 2 saturated carbocycles. The third-order valence-electron chi connectivity index (χ3n) is 8.44. The molecule has 0 amide bonds. The van der Waals surface area contributed by atoms with Crippen molar-refractivity contribution in [2.24, 2.45) is 11.8 Å². The number of ether oxygens (including phenoxy) is 1. The van der Waals surface area contributed by atoms with Gasteiger partial charge in [0.25, 0.3) is 0 Å². The van der Waals surface area contributed by atoms with Gasteiger partial charge < -0.3 is 4.74 Å². The number of benzene rings is 3. The molecule has 3 aromatic carbocycles. The van der Waals surface area contributed by atoms with Crippen molar-refractivity contribution in [2.45, 2.75) is 76.2 Å². The second-order valence-corrected chi connectivity index (χ2v) is 11.0. The van der Waals surface area contributed by atoms with Crippen molar-refractivity contribution in [1.29, 1.82) is 0 Å². The van der Waals surface area contributed by atoms with Crippen LogP contribution in [0.5, 0.6) is 5.75 Å². The zero-order valence-corrected chi connectivity index (χ0v) is 21.2. The van der Waals surface area contributed by atoms with Gasteiger partial charge in [-0.05, 0) is 103 Å².